The highest BCUT2D eigenvalue weighted by atomic mass is 35.5. The largest absolute Gasteiger partial charge is 0.354 e. The summed E-state index contributed by atoms with van der Waals surface area (Å²) in [5.74, 6) is -0.991. The molecule has 7 nitrogen and oxygen atoms in total. The van der Waals surface area contributed by atoms with Crippen LogP contribution in [0.1, 0.15) is 43.4 Å². The number of amides is 2. The summed E-state index contributed by atoms with van der Waals surface area (Å²) in [4.78, 5) is 28.8. The van der Waals surface area contributed by atoms with Crippen LogP contribution in [0.3, 0.4) is 0 Å². The van der Waals surface area contributed by atoms with Gasteiger partial charge < -0.3 is 10.2 Å². The maximum absolute atomic E-state index is 14.8. The highest BCUT2D eigenvalue weighted by molar-refractivity contribution is 7.92. The van der Waals surface area contributed by atoms with Gasteiger partial charge >= 0.3 is 0 Å². The van der Waals surface area contributed by atoms with Gasteiger partial charge in [0.05, 0.1) is 11.9 Å². The number of anilines is 1. The van der Waals surface area contributed by atoms with Gasteiger partial charge in [0.15, 0.2) is 0 Å². The number of hydrogen-bond donors (Lipinski definition) is 1. The molecule has 0 heterocycles. The van der Waals surface area contributed by atoms with Gasteiger partial charge in [-0.25, -0.2) is 12.8 Å². The van der Waals surface area contributed by atoms with Crippen molar-refractivity contribution in [3.05, 3.63) is 100 Å². The number of halogens is 2. The molecule has 0 unspecified atom stereocenters. The first-order valence-electron chi connectivity index (χ1n) is 14.0. The molecule has 0 aliphatic carbocycles. The molecule has 0 aliphatic heterocycles. The predicted molar refractivity (Wildman–Crippen MR) is 166 cm³/mol. The van der Waals surface area contributed by atoms with Crippen molar-refractivity contribution in [3.8, 4) is 0 Å². The molecule has 0 spiro atoms. The van der Waals surface area contributed by atoms with Crippen LogP contribution in [0.5, 0.6) is 0 Å². The van der Waals surface area contributed by atoms with E-state index in [9.17, 15) is 22.4 Å². The number of hydrogen-bond acceptors (Lipinski definition) is 4. The molecule has 0 saturated carbocycles. The molecule has 0 radical (unpaired) electrons. The topological polar surface area (TPSA) is 86.8 Å². The summed E-state index contributed by atoms with van der Waals surface area (Å²) in [6.07, 6.45) is 1.47. The van der Waals surface area contributed by atoms with Crippen molar-refractivity contribution in [2.75, 3.05) is 23.7 Å². The molecule has 2 amide bonds. The molecule has 42 heavy (non-hydrogen) atoms. The van der Waals surface area contributed by atoms with Crippen molar-refractivity contribution >= 4 is 39.1 Å². The van der Waals surface area contributed by atoms with Crippen molar-refractivity contribution in [1.82, 2.24) is 10.2 Å². The molecule has 3 aromatic carbocycles. The minimum absolute atomic E-state index is 0.0300. The Morgan fingerprint density at radius 1 is 0.976 bits per heavy atom. The Kier molecular flexibility index (Phi) is 11.9. The van der Waals surface area contributed by atoms with Gasteiger partial charge in [-0.1, -0.05) is 80.0 Å². The van der Waals surface area contributed by atoms with Gasteiger partial charge in [0.1, 0.15) is 11.9 Å². The highest BCUT2D eigenvalue weighted by Gasteiger charge is 2.31. The monoisotopic (exact) mass is 615 g/mol. The lowest BCUT2D eigenvalue weighted by molar-refractivity contribution is -0.141. The van der Waals surface area contributed by atoms with Gasteiger partial charge in [-0.3, -0.25) is 13.9 Å². The average Bonchev–Trinajstić information content (AvgIpc) is 2.94. The number of rotatable bonds is 14. The highest BCUT2D eigenvalue weighted by Crippen LogP contribution is 2.28. The SMILES string of the molecule is Cc1c(Cl)cccc1N(CCCC(=O)N(Cc1ccccc1F)[C@H](Cc1ccccc1)C(=O)NCC(C)C)S(C)(=O)=O. The number of nitrogens with one attached hydrogen (secondary N) is 1. The van der Waals surface area contributed by atoms with Crippen LogP contribution in [0.15, 0.2) is 72.8 Å². The Hall–Kier alpha value is -3.43. The zero-order chi connectivity index (χ0) is 30.9. The van der Waals surface area contributed by atoms with E-state index in [1.165, 1.54) is 15.3 Å². The molecule has 1 atom stereocenters. The van der Waals surface area contributed by atoms with Crippen molar-refractivity contribution in [2.24, 2.45) is 5.92 Å². The molecule has 1 N–H and O–H groups in total. The van der Waals surface area contributed by atoms with Crippen molar-refractivity contribution in [3.63, 3.8) is 0 Å². The summed E-state index contributed by atoms with van der Waals surface area (Å²) in [5.41, 5.74) is 2.19. The molecule has 0 fully saturated rings. The summed E-state index contributed by atoms with van der Waals surface area (Å²) in [6.45, 7) is 6.03. The third kappa shape index (κ3) is 9.29. The second kappa shape index (κ2) is 15.2. The van der Waals surface area contributed by atoms with Crippen LogP contribution in [0, 0.1) is 18.7 Å². The van der Waals surface area contributed by atoms with Gasteiger partial charge in [-0.15, -0.1) is 0 Å². The number of carbonyl (C=O) groups is 2. The van der Waals surface area contributed by atoms with E-state index in [-0.39, 0.29) is 55.6 Å². The van der Waals surface area contributed by atoms with Crippen LogP contribution in [0.25, 0.3) is 0 Å². The van der Waals surface area contributed by atoms with Crippen LogP contribution in [-0.4, -0.2) is 50.5 Å². The lowest BCUT2D eigenvalue weighted by Gasteiger charge is -2.32. The Balaban J connectivity index is 1.91. The zero-order valence-electron chi connectivity index (χ0n) is 24.5. The van der Waals surface area contributed by atoms with Crippen molar-refractivity contribution < 1.29 is 22.4 Å². The summed E-state index contributed by atoms with van der Waals surface area (Å²) in [5, 5.41) is 3.37. The standard InChI is InChI=1S/C32H39ClFN3O4S/c1-23(2)21-35-32(39)30(20-25-12-6-5-7-13-25)36(22-26-14-8-9-16-28(26)34)31(38)18-11-19-37(42(4,40)41)29-17-10-15-27(33)24(29)3/h5-10,12-17,23,30H,11,18-22H2,1-4H3,(H,35,39)/t30-/m1/s1. The van der Waals surface area contributed by atoms with Crippen LogP contribution in [0.4, 0.5) is 10.1 Å². The van der Waals surface area contributed by atoms with Crippen molar-refractivity contribution in [2.45, 2.75) is 52.6 Å². The maximum Gasteiger partial charge on any atom is 0.243 e. The first-order valence-corrected chi connectivity index (χ1v) is 16.2. The first kappa shape index (κ1) is 33.1. The molecular weight excluding hydrogens is 577 g/mol. The maximum atomic E-state index is 14.8. The second-order valence-corrected chi connectivity index (χ2v) is 13.1. The number of nitrogens with zero attached hydrogens (tertiary/aromatic N) is 2. The van der Waals surface area contributed by atoms with Crippen LogP contribution in [0.2, 0.25) is 5.02 Å². The quantitative estimate of drug-likeness (QED) is 0.250. The van der Waals surface area contributed by atoms with Gasteiger partial charge in [-0.05, 0) is 48.6 Å². The lowest BCUT2D eigenvalue weighted by Crippen LogP contribution is -2.51. The molecule has 0 bridgehead atoms. The molecule has 0 aromatic heterocycles. The summed E-state index contributed by atoms with van der Waals surface area (Å²) >= 11 is 6.25. The van der Waals surface area contributed by atoms with Gasteiger partial charge in [0.25, 0.3) is 0 Å². The second-order valence-electron chi connectivity index (χ2n) is 10.8. The molecule has 0 aliphatic rings. The molecule has 3 aromatic rings. The Labute approximate surface area is 253 Å². The molecule has 226 valence electrons. The molecule has 0 saturated heterocycles. The van der Waals surface area contributed by atoms with Gasteiger partial charge in [0, 0.05) is 43.1 Å². The fraction of sp³-hybridized carbons (Fsp3) is 0.375. The zero-order valence-corrected chi connectivity index (χ0v) is 26.1. The van der Waals surface area contributed by atoms with E-state index in [2.05, 4.69) is 5.32 Å². The van der Waals surface area contributed by atoms with E-state index < -0.39 is 21.9 Å². The number of sulfonamides is 1. The summed E-state index contributed by atoms with van der Waals surface area (Å²) in [7, 11) is -3.68. The molecule has 3 rings (SSSR count). The summed E-state index contributed by atoms with van der Waals surface area (Å²) in [6, 6.07) is 19.6. The first-order chi connectivity index (χ1) is 19.9. The van der Waals surface area contributed by atoms with E-state index in [0.29, 0.717) is 22.8 Å². The van der Waals surface area contributed by atoms with Crippen LogP contribution < -0.4 is 9.62 Å². The minimum Gasteiger partial charge on any atom is -0.354 e. The fourth-order valence-electron chi connectivity index (χ4n) is 4.64. The van der Waals surface area contributed by atoms with E-state index in [1.807, 2.05) is 44.2 Å². The smallest absolute Gasteiger partial charge is 0.243 e. The fourth-order valence-corrected chi connectivity index (χ4v) is 5.82. The number of benzene rings is 3. The molecule has 10 heteroatoms. The minimum atomic E-state index is -3.68. The lowest BCUT2D eigenvalue weighted by atomic mass is 10.0. The van der Waals surface area contributed by atoms with Crippen molar-refractivity contribution in [1.29, 1.82) is 0 Å². The Morgan fingerprint density at radius 3 is 2.29 bits per heavy atom. The Bertz CT molecular complexity index is 1470. The van der Waals surface area contributed by atoms with Crippen LogP contribution in [-0.2, 0) is 32.6 Å². The van der Waals surface area contributed by atoms with Gasteiger partial charge in [-0.2, -0.15) is 0 Å². The van der Waals surface area contributed by atoms with E-state index in [0.717, 1.165) is 11.8 Å². The predicted octanol–water partition coefficient (Wildman–Crippen LogP) is 5.75. The van der Waals surface area contributed by atoms with Gasteiger partial charge in [0.2, 0.25) is 21.8 Å². The Morgan fingerprint density at radius 2 is 1.64 bits per heavy atom. The molecular formula is C32H39ClFN3O4S. The summed E-state index contributed by atoms with van der Waals surface area (Å²) < 4.78 is 41.4. The third-order valence-electron chi connectivity index (χ3n) is 6.91. The van der Waals surface area contributed by atoms with E-state index in [4.69, 9.17) is 11.6 Å². The normalized spacial score (nSPS) is 12.2. The average molecular weight is 616 g/mol. The van der Waals surface area contributed by atoms with E-state index in [1.54, 1.807) is 43.3 Å². The number of carbonyl (C=O) groups excluding carboxylic acids is 2. The third-order valence-corrected chi connectivity index (χ3v) is 8.50. The van der Waals surface area contributed by atoms with E-state index >= 15 is 0 Å². The van der Waals surface area contributed by atoms with Crippen LogP contribution >= 0.6 is 11.6 Å².